The molecule has 0 spiro atoms. The maximum atomic E-state index is 11.3. The number of carbonyl (C=O) groups is 1. The lowest BCUT2D eigenvalue weighted by atomic mass is 9.52. The lowest BCUT2D eigenvalue weighted by molar-refractivity contribution is -0.130. The second-order valence-electron chi connectivity index (χ2n) is 7.36. The van der Waals surface area contributed by atoms with E-state index in [1.54, 1.807) is 6.20 Å². The Labute approximate surface area is 140 Å². The Bertz CT molecular complexity index is 637. The number of nitrogens with two attached hydrogens (primary N) is 1. The first-order valence-corrected chi connectivity index (χ1v) is 8.56. The summed E-state index contributed by atoms with van der Waals surface area (Å²) in [5.74, 6) is 2.97. The van der Waals surface area contributed by atoms with Gasteiger partial charge in [0.1, 0.15) is 22.3 Å². The van der Waals surface area contributed by atoms with Crippen LogP contribution in [0.25, 0.3) is 0 Å². The van der Waals surface area contributed by atoms with Crippen LogP contribution in [0.3, 0.4) is 0 Å². The molecule has 1 amide bonds. The van der Waals surface area contributed by atoms with Gasteiger partial charge in [0.05, 0.1) is 6.20 Å². The average Bonchev–Trinajstić information content (AvgIpc) is 2.44. The smallest absolute Gasteiger partial charge is 0.405 e. The minimum absolute atomic E-state index is 0.322. The van der Waals surface area contributed by atoms with Gasteiger partial charge in [-0.2, -0.15) is 0 Å². The molecule has 0 radical (unpaired) electrons. The van der Waals surface area contributed by atoms with E-state index in [-0.39, 0.29) is 5.60 Å². The number of hydrogen-bond donors (Lipinski definition) is 2. The molecule has 4 saturated carbocycles. The van der Waals surface area contributed by atoms with Gasteiger partial charge in [0.25, 0.3) is 0 Å². The van der Waals surface area contributed by atoms with Crippen LogP contribution in [0.1, 0.15) is 37.9 Å². The minimum Gasteiger partial charge on any atom is -0.443 e. The van der Waals surface area contributed by atoms with Crippen molar-refractivity contribution in [2.24, 2.45) is 23.5 Å². The monoisotopic (exact) mass is 336 g/mol. The van der Waals surface area contributed by atoms with Gasteiger partial charge in [-0.3, -0.25) is 0 Å². The SMILES string of the molecule is Cc1ncc(Cl)c(NC2C3CC4CC2CC(OC(N)=O)(C4)C3)n1. The molecule has 5 rings (SSSR count). The fourth-order valence-corrected chi connectivity index (χ4v) is 5.38. The zero-order valence-electron chi connectivity index (χ0n) is 13.1. The van der Waals surface area contributed by atoms with Gasteiger partial charge >= 0.3 is 6.09 Å². The molecule has 7 heteroatoms. The number of anilines is 1. The van der Waals surface area contributed by atoms with E-state index in [1.165, 1.54) is 12.8 Å². The van der Waals surface area contributed by atoms with Crippen molar-refractivity contribution in [3.8, 4) is 0 Å². The first-order valence-electron chi connectivity index (χ1n) is 8.18. The first kappa shape index (κ1) is 15.0. The standard InChI is InChI=1S/C16H21ClN4O2/c1-8-19-7-12(17)14(20-8)21-13-10-2-9-3-11(13)6-16(4-9,5-10)23-15(18)22/h7,9-11,13H,2-6H2,1H3,(H2,18,22)(H,19,20,21). The Morgan fingerprint density at radius 3 is 2.74 bits per heavy atom. The van der Waals surface area contributed by atoms with E-state index >= 15 is 0 Å². The Morgan fingerprint density at radius 1 is 1.39 bits per heavy atom. The molecule has 1 aromatic heterocycles. The Hall–Kier alpha value is -1.56. The number of halogens is 1. The highest BCUT2D eigenvalue weighted by molar-refractivity contribution is 6.32. The van der Waals surface area contributed by atoms with Crippen molar-refractivity contribution in [2.45, 2.75) is 50.7 Å². The average molecular weight is 337 g/mol. The van der Waals surface area contributed by atoms with E-state index in [4.69, 9.17) is 22.1 Å². The topological polar surface area (TPSA) is 90.1 Å². The van der Waals surface area contributed by atoms with Crippen LogP contribution in [-0.2, 0) is 4.74 Å². The van der Waals surface area contributed by atoms with Gasteiger partial charge in [-0.25, -0.2) is 14.8 Å². The van der Waals surface area contributed by atoms with Gasteiger partial charge in [0, 0.05) is 6.04 Å². The predicted octanol–water partition coefficient (Wildman–Crippen LogP) is 2.89. The number of nitrogens with zero attached hydrogens (tertiary/aromatic N) is 2. The molecule has 2 atom stereocenters. The molecule has 4 bridgehead atoms. The number of carbonyl (C=O) groups excluding carboxylic acids is 1. The quantitative estimate of drug-likeness (QED) is 0.885. The molecule has 6 nitrogen and oxygen atoms in total. The summed E-state index contributed by atoms with van der Waals surface area (Å²) in [6, 6.07) is 0.322. The highest BCUT2D eigenvalue weighted by atomic mass is 35.5. The van der Waals surface area contributed by atoms with E-state index < -0.39 is 6.09 Å². The molecule has 23 heavy (non-hydrogen) atoms. The fourth-order valence-electron chi connectivity index (χ4n) is 5.24. The van der Waals surface area contributed by atoms with E-state index in [1.807, 2.05) is 6.92 Å². The van der Waals surface area contributed by atoms with Crippen LogP contribution in [-0.4, -0.2) is 27.7 Å². The van der Waals surface area contributed by atoms with Crippen molar-refractivity contribution in [3.63, 3.8) is 0 Å². The van der Waals surface area contributed by atoms with Gasteiger partial charge in [-0.15, -0.1) is 0 Å². The lowest BCUT2D eigenvalue weighted by Crippen LogP contribution is -2.60. The molecule has 4 fully saturated rings. The molecular weight excluding hydrogens is 316 g/mol. The maximum absolute atomic E-state index is 11.3. The number of nitrogens with one attached hydrogen (secondary N) is 1. The number of aromatic nitrogens is 2. The highest BCUT2D eigenvalue weighted by Gasteiger charge is 2.57. The van der Waals surface area contributed by atoms with Crippen LogP contribution in [0.4, 0.5) is 10.6 Å². The Balaban J connectivity index is 1.56. The van der Waals surface area contributed by atoms with E-state index in [9.17, 15) is 4.79 Å². The molecule has 1 heterocycles. The first-order chi connectivity index (χ1) is 10.9. The van der Waals surface area contributed by atoms with Crippen molar-refractivity contribution in [1.29, 1.82) is 0 Å². The van der Waals surface area contributed by atoms with Crippen LogP contribution in [0.2, 0.25) is 5.02 Å². The summed E-state index contributed by atoms with van der Waals surface area (Å²) in [5.41, 5.74) is 4.96. The molecule has 0 aliphatic heterocycles. The molecule has 4 aliphatic rings. The maximum Gasteiger partial charge on any atom is 0.405 e. The molecule has 0 saturated heterocycles. The van der Waals surface area contributed by atoms with Gasteiger partial charge in [-0.05, 0) is 56.8 Å². The van der Waals surface area contributed by atoms with Crippen LogP contribution >= 0.6 is 11.6 Å². The largest absolute Gasteiger partial charge is 0.443 e. The minimum atomic E-state index is -0.647. The second-order valence-corrected chi connectivity index (χ2v) is 7.77. The van der Waals surface area contributed by atoms with Crippen LogP contribution in [0.5, 0.6) is 0 Å². The number of primary amides is 1. The summed E-state index contributed by atoms with van der Waals surface area (Å²) in [7, 11) is 0. The lowest BCUT2D eigenvalue weighted by Gasteiger charge is -2.59. The number of rotatable bonds is 3. The molecule has 3 N–H and O–H groups in total. The summed E-state index contributed by atoms with van der Waals surface area (Å²) in [6.07, 6.45) is 6.04. The van der Waals surface area contributed by atoms with Gasteiger partial charge in [0.15, 0.2) is 0 Å². The molecular formula is C16H21ClN4O2. The summed E-state index contributed by atoms with van der Waals surface area (Å²) in [4.78, 5) is 19.8. The van der Waals surface area contributed by atoms with Gasteiger partial charge in [-0.1, -0.05) is 11.6 Å². The normalized spacial score (nSPS) is 37.7. The van der Waals surface area contributed by atoms with Crippen molar-refractivity contribution < 1.29 is 9.53 Å². The van der Waals surface area contributed by atoms with E-state index in [0.29, 0.717) is 40.5 Å². The third-order valence-electron chi connectivity index (χ3n) is 5.70. The Morgan fingerprint density at radius 2 is 2.09 bits per heavy atom. The van der Waals surface area contributed by atoms with Crippen molar-refractivity contribution in [1.82, 2.24) is 9.97 Å². The predicted molar refractivity (Wildman–Crippen MR) is 86.1 cm³/mol. The zero-order chi connectivity index (χ0) is 16.2. The number of hydrogen-bond acceptors (Lipinski definition) is 5. The fraction of sp³-hybridized carbons (Fsp3) is 0.688. The van der Waals surface area contributed by atoms with E-state index in [2.05, 4.69) is 15.3 Å². The molecule has 0 aromatic carbocycles. The third-order valence-corrected chi connectivity index (χ3v) is 5.98. The number of amides is 1. The van der Waals surface area contributed by atoms with Crippen LogP contribution in [0.15, 0.2) is 6.20 Å². The molecule has 124 valence electrons. The molecule has 1 aromatic rings. The molecule has 2 unspecified atom stereocenters. The highest BCUT2D eigenvalue weighted by Crippen LogP contribution is 2.57. The summed E-state index contributed by atoms with van der Waals surface area (Å²) in [6.45, 7) is 1.86. The van der Waals surface area contributed by atoms with Gasteiger partial charge < -0.3 is 15.8 Å². The van der Waals surface area contributed by atoms with E-state index in [0.717, 1.165) is 19.3 Å². The van der Waals surface area contributed by atoms with Gasteiger partial charge in [0.2, 0.25) is 0 Å². The second kappa shape index (κ2) is 5.23. The third kappa shape index (κ3) is 2.63. The van der Waals surface area contributed by atoms with Crippen LogP contribution in [0, 0.1) is 24.7 Å². The zero-order valence-corrected chi connectivity index (χ0v) is 13.8. The van der Waals surface area contributed by atoms with Crippen LogP contribution < -0.4 is 11.1 Å². The Kier molecular flexibility index (Phi) is 3.41. The number of ether oxygens (including phenoxy) is 1. The summed E-state index contributed by atoms with van der Waals surface area (Å²) >= 11 is 6.23. The summed E-state index contributed by atoms with van der Waals surface area (Å²) in [5, 5.41) is 4.10. The molecule has 4 aliphatic carbocycles. The van der Waals surface area contributed by atoms with Crippen molar-refractivity contribution >= 4 is 23.5 Å². The summed E-state index contributed by atoms with van der Waals surface area (Å²) < 4.78 is 5.55. The number of aryl methyl sites for hydroxylation is 1. The van der Waals surface area contributed by atoms with Crippen molar-refractivity contribution in [2.75, 3.05) is 5.32 Å². The van der Waals surface area contributed by atoms with Crippen molar-refractivity contribution in [3.05, 3.63) is 17.0 Å².